The molecule has 0 radical (unpaired) electrons. The van der Waals surface area contributed by atoms with Crippen molar-refractivity contribution in [3.8, 4) is 0 Å². The van der Waals surface area contributed by atoms with Crippen molar-refractivity contribution in [2.24, 2.45) is 5.92 Å². The molecule has 2 N–H and O–H groups in total. The van der Waals surface area contributed by atoms with Gasteiger partial charge in [0.25, 0.3) is 0 Å². The zero-order chi connectivity index (χ0) is 16.8. The highest BCUT2D eigenvalue weighted by Gasteiger charge is 2.26. The number of urea groups is 1. The minimum absolute atomic E-state index is 0.107. The number of nitrogens with zero attached hydrogens (tertiary/aromatic N) is 1. The first kappa shape index (κ1) is 17.6. The van der Waals surface area contributed by atoms with Gasteiger partial charge in [-0.05, 0) is 49.8 Å². The summed E-state index contributed by atoms with van der Waals surface area (Å²) in [5, 5.41) is 12.6. The zero-order valence-electron chi connectivity index (χ0n) is 13.3. The molecule has 1 fully saturated rings. The Labute approximate surface area is 141 Å². The molecule has 2 rings (SSSR count). The fourth-order valence-electron chi connectivity index (χ4n) is 2.88. The number of piperidine rings is 1. The second-order valence-corrected chi connectivity index (χ2v) is 6.38. The third-order valence-corrected chi connectivity index (χ3v) is 4.72. The lowest BCUT2D eigenvalue weighted by Gasteiger charge is -2.30. The van der Waals surface area contributed by atoms with Crippen LogP contribution in [0.1, 0.15) is 30.4 Å². The molecular formula is C17H23ClN2O3. The number of carbonyl (C=O) groups is 2. The van der Waals surface area contributed by atoms with E-state index in [2.05, 4.69) is 5.32 Å². The van der Waals surface area contributed by atoms with Crippen molar-refractivity contribution < 1.29 is 14.7 Å². The smallest absolute Gasteiger partial charge is 0.317 e. The molecule has 1 aliphatic rings. The first-order valence-electron chi connectivity index (χ1n) is 7.98. The highest BCUT2D eigenvalue weighted by molar-refractivity contribution is 6.31. The number of carboxylic acid groups (broad SMARTS) is 1. The standard InChI is InChI=1S/C17H23ClN2O3/c1-12-4-2-6-15(18)14(12)5-3-9-19-17(23)20-10-7-13(8-11-20)16(21)22/h2,4,6,13H,3,5,7-11H2,1H3,(H,19,23)(H,21,22). The molecule has 1 saturated heterocycles. The maximum Gasteiger partial charge on any atom is 0.317 e. The molecule has 1 aliphatic heterocycles. The number of hydrogen-bond acceptors (Lipinski definition) is 2. The Balaban J connectivity index is 1.70. The highest BCUT2D eigenvalue weighted by Crippen LogP contribution is 2.21. The van der Waals surface area contributed by atoms with Crippen LogP contribution in [-0.4, -0.2) is 41.6 Å². The van der Waals surface area contributed by atoms with E-state index in [-0.39, 0.29) is 11.9 Å². The molecule has 0 unspecified atom stereocenters. The summed E-state index contributed by atoms with van der Waals surface area (Å²) in [7, 11) is 0. The number of carbonyl (C=O) groups excluding carboxylic acids is 1. The molecule has 0 saturated carbocycles. The lowest BCUT2D eigenvalue weighted by Crippen LogP contribution is -2.45. The summed E-state index contributed by atoms with van der Waals surface area (Å²) in [4.78, 5) is 24.7. The first-order chi connectivity index (χ1) is 11.0. The molecule has 0 bridgehead atoms. The Morgan fingerprint density at radius 3 is 2.65 bits per heavy atom. The zero-order valence-corrected chi connectivity index (χ0v) is 14.1. The van der Waals surface area contributed by atoms with Gasteiger partial charge < -0.3 is 15.3 Å². The summed E-state index contributed by atoms with van der Waals surface area (Å²) in [6.07, 6.45) is 2.71. The van der Waals surface area contributed by atoms with E-state index in [1.807, 2.05) is 25.1 Å². The van der Waals surface area contributed by atoms with E-state index in [1.165, 1.54) is 5.56 Å². The molecule has 0 aliphatic carbocycles. The van der Waals surface area contributed by atoms with Gasteiger partial charge in [-0.25, -0.2) is 4.79 Å². The summed E-state index contributed by atoms with van der Waals surface area (Å²) in [5.41, 5.74) is 2.30. The molecule has 0 atom stereocenters. The summed E-state index contributed by atoms with van der Waals surface area (Å²) >= 11 is 6.19. The molecule has 2 amide bonds. The van der Waals surface area contributed by atoms with Crippen LogP contribution in [0.4, 0.5) is 4.79 Å². The van der Waals surface area contributed by atoms with E-state index in [4.69, 9.17) is 16.7 Å². The van der Waals surface area contributed by atoms with Crippen LogP contribution in [0.2, 0.25) is 5.02 Å². The number of aryl methyl sites for hydroxylation is 1. The molecular weight excluding hydrogens is 316 g/mol. The van der Waals surface area contributed by atoms with E-state index in [0.717, 1.165) is 23.4 Å². The fraction of sp³-hybridized carbons (Fsp3) is 0.529. The first-order valence-corrected chi connectivity index (χ1v) is 8.36. The van der Waals surface area contributed by atoms with Crippen molar-refractivity contribution >= 4 is 23.6 Å². The lowest BCUT2D eigenvalue weighted by atomic mass is 9.97. The lowest BCUT2D eigenvalue weighted by molar-refractivity contribution is -0.143. The third kappa shape index (κ3) is 4.86. The van der Waals surface area contributed by atoms with E-state index >= 15 is 0 Å². The quantitative estimate of drug-likeness (QED) is 0.810. The topological polar surface area (TPSA) is 69.6 Å². The van der Waals surface area contributed by atoms with Gasteiger partial charge in [-0.15, -0.1) is 0 Å². The number of rotatable bonds is 5. The largest absolute Gasteiger partial charge is 0.481 e. The van der Waals surface area contributed by atoms with Crippen LogP contribution in [0, 0.1) is 12.8 Å². The second-order valence-electron chi connectivity index (χ2n) is 5.97. The molecule has 5 nitrogen and oxygen atoms in total. The van der Waals surface area contributed by atoms with Gasteiger partial charge in [0, 0.05) is 24.7 Å². The molecule has 23 heavy (non-hydrogen) atoms. The summed E-state index contributed by atoms with van der Waals surface area (Å²) in [5.74, 6) is -1.08. The second kappa shape index (κ2) is 8.20. The van der Waals surface area contributed by atoms with Crippen LogP contribution in [0.15, 0.2) is 18.2 Å². The number of halogens is 1. The summed E-state index contributed by atoms with van der Waals surface area (Å²) < 4.78 is 0. The number of likely N-dealkylation sites (tertiary alicyclic amines) is 1. The maximum atomic E-state index is 12.1. The average Bonchev–Trinajstić information content (AvgIpc) is 2.53. The van der Waals surface area contributed by atoms with Gasteiger partial charge in [-0.1, -0.05) is 23.7 Å². The predicted molar refractivity (Wildman–Crippen MR) is 89.8 cm³/mol. The fourth-order valence-corrected chi connectivity index (χ4v) is 3.20. The monoisotopic (exact) mass is 338 g/mol. The maximum absolute atomic E-state index is 12.1. The number of aliphatic carboxylic acids is 1. The minimum Gasteiger partial charge on any atom is -0.481 e. The Morgan fingerprint density at radius 2 is 2.04 bits per heavy atom. The van der Waals surface area contributed by atoms with E-state index in [9.17, 15) is 9.59 Å². The van der Waals surface area contributed by atoms with Gasteiger partial charge in [0.15, 0.2) is 0 Å². The minimum atomic E-state index is -0.764. The third-order valence-electron chi connectivity index (χ3n) is 4.36. The number of carboxylic acids is 1. The average molecular weight is 339 g/mol. The molecule has 6 heteroatoms. The van der Waals surface area contributed by atoms with Crippen LogP contribution in [0.25, 0.3) is 0 Å². The van der Waals surface area contributed by atoms with Crippen molar-refractivity contribution in [2.45, 2.75) is 32.6 Å². The molecule has 0 spiro atoms. The molecule has 126 valence electrons. The Morgan fingerprint density at radius 1 is 1.35 bits per heavy atom. The van der Waals surface area contributed by atoms with Crippen molar-refractivity contribution in [3.63, 3.8) is 0 Å². The van der Waals surface area contributed by atoms with Gasteiger partial charge in [-0.3, -0.25) is 4.79 Å². The van der Waals surface area contributed by atoms with Crippen LogP contribution in [0.3, 0.4) is 0 Å². The van der Waals surface area contributed by atoms with Crippen LogP contribution >= 0.6 is 11.6 Å². The normalized spacial score (nSPS) is 15.5. The number of amides is 2. The van der Waals surface area contributed by atoms with Gasteiger partial charge in [-0.2, -0.15) is 0 Å². The van der Waals surface area contributed by atoms with Crippen molar-refractivity contribution in [2.75, 3.05) is 19.6 Å². The molecule has 1 aromatic carbocycles. The van der Waals surface area contributed by atoms with Crippen LogP contribution < -0.4 is 5.32 Å². The SMILES string of the molecule is Cc1cccc(Cl)c1CCCNC(=O)N1CCC(C(=O)O)CC1. The van der Waals surface area contributed by atoms with Gasteiger partial charge in [0.05, 0.1) is 5.92 Å². The number of benzene rings is 1. The molecule has 1 heterocycles. The number of nitrogens with one attached hydrogen (secondary N) is 1. The van der Waals surface area contributed by atoms with E-state index < -0.39 is 5.97 Å². The molecule has 0 aromatic heterocycles. The Kier molecular flexibility index (Phi) is 6.28. The van der Waals surface area contributed by atoms with Gasteiger partial charge in [0.1, 0.15) is 0 Å². The van der Waals surface area contributed by atoms with Crippen molar-refractivity contribution in [1.82, 2.24) is 10.2 Å². The summed E-state index contributed by atoms with van der Waals surface area (Å²) in [6, 6.07) is 5.75. The molecule has 1 aromatic rings. The predicted octanol–water partition coefficient (Wildman–Crippen LogP) is 3.09. The summed E-state index contributed by atoms with van der Waals surface area (Å²) in [6.45, 7) is 3.63. The van der Waals surface area contributed by atoms with Crippen molar-refractivity contribution in [3.05, 3.63) is 34.3 Å². The van der Waals surface area contributed by atoms with E-state index in [1.54, 1.807) is 4.90 Å². The van der Waals surface area contributed by atoms with Gasteiger partial charge >= 0.3 is 12.0 Å². The highest BCUT2D eigenvalue weighted by atomic mass is 35.5. The van der Waals surface area contributed by atoms with E-state index in [0.29, 0.717) is 32.5 Å². The van der Waals surface area contributed by atoms with Crippen LogP contribution in [-0.2, 0) is 11.2 Å². The Hall–Kier alpha value is -1.75. The Bertz CT molecular complexity index is 549. The number of hydrogen-bond donors (Lipinski definition) is 2. The van der Waals surface area contributed by atoms with Crippen LogP contribution in [0.5, 0.6) is 0 Å². The van der Waals surface area contributed by atoms with Gasteiger partial charge in [0.2, 0.25) is 0 Å². The van der Waals surface area contributed by atoms with Crippen molar-refractivity contribution in [1.29, 1.82) is 0 Å².